The van der Waals surface area contributed by atoms with E-state index in [1.807, 2.05) is 25.3 Å². The predicted molar refractivity (Wildman–Crippen MR) is 118 cm³/mol. The SMILES string of the molecule is CSc1ccc([N+](=O)[O-])c(C(=O)N(CC(=O)N2CCCCC2)c2ccc(C)cc2)c1. The lowest BCUT2D eigenvalue weighted by atomic mass is 10.1. The molecule has 1 aliphatic rings. The first-order valence-corrected chi connectivity index (χ1v) is 11.1. The Balaban J connectivity index is 1.99. The lowest BCUT2D eigenvalue weighted by molar-refractivity contribution is -0.385. The van der Waals surface area contributed by atoms with E-state index >= 15 is 0 Å². The second-order valence-electron chi connectivity index (χ2n) is 7.31. The van der Waals surface area contributed by atoms with Gasteiger partial charge in [-0.2, -0.15) is 0 Å². The minimum Gasteiger partial charge on any atom is -0.341 e. The van der Waals surface area contributed by atoms with Crippen molar-refractivity contribution in [3.05, 3.63) is 63.7 Å². The third-order valence-electron chi connectivity index (χ3n) is 5.22. The molecule has 8 heteroatoms. The van der Waals surface area contributed by atoms with Gasteiger partial charge in [-0.15, -0.1) is 11.8 Å². The molecule has 0 aliphatic carbocycles. The normalized spacial score (nSPS) is 13.7. The van der Waals surface area contributed by atoms with Crippen LogP contribution in [0.5, 0.6) is 0 Å². The molecule has 2 amide bonds. The maximum absolute atomic E-state index is 13.5. The summed E-state index contributed by atoms with van der Waals surface area (Å²) in [5.41, 5.74) is 1.28. The average Bonchev–Trinajstić information content (AvgIpc) is 2.77. The molecule has 158 valence electrons. The summed E-state index contributed by atoms with van der Waals surface area (Å²) in [5, 5.41) is 11.6. The fraction of sp³-hybridized carbons (Fsp3) is 0.364. The molecule has 1 heterocycles. The number of aryl methyl sites for hydroxylation is 1. The number of carbonyl (C=O) groups excluding carboxylic acids is 2. The number of nitro groups is 1. The Morgan fingerprint density at radius 2 is 1.77 bits per heavy atom. The molecule has 0 radical (unpaired) electrons. The molecule has 3 rings (SSSR count). The summed E-state index contributed by atoms with van der Waals surface area (Å²) in [6.07, 6.45) is 4.84. The number of piperidine rings is 1. The molecular formula is C22H25N3O4S. The molecule has 1 saturated heterocycles. The van der Waals surface area contributed by atoms with Gasteiger partial charge in [0.15, 0.2) is 0 Å². The molecule has 1 fully saturated rings. The highest BCUT2D eigenvalue weighted by Gasteiger charge is 2.29. The maximum Gasteiger partial charge on any atom is 0.282 e. The van der Waals surface area contributed by atoms with Crippen molar-refractivity contribution >= 4 is 35.0 Å². The molecule has 2 aromatic rings. The lowest BCUT2D eigenvalue weighted by Gasteiger charge is -2.30. The van der Waals surface area contributed by atoms with E-state index < -0.39 is 10.8 Å². The minimum absolute atomic E-state index is 0.0149. The number of thioether (sulfide) groups is 1. The quantitative estimate of drug-likeness (QED) is 0.390. The Bertz CT molecular complexity index is 940. The Kier molecular flexibility index (Phi) is 7.10. The van der Waals surface area contributed by atoms with Crippen molar-refractivity contribution in [2.75, 3.05) is 30.8 Å². The number of nitro benzene ring substituents is 1. The van der Waals surface area contributed by atoms with Crippen molar-refractivity contribution in [2.45, 2.75) is 31.1 Å². The number of hydrogen-bond acceptors (Lipinski definition) is 5. The van der Waals surface area contributed by atoms with Gasteiger partial charge in [-0.05, 0) is 56.7 Å². The van der Waals surface area contributed by atoms with Gasteiger partial charge in [0.05, 0.1) is 4.92 Å². The molecule has 1 aliphatic heterocycles. The molecule has 0 saturated carbocycles. The predicted octanol–water partition coefficient (Wildman–Crippen LogP) is 4.28. The Morgan fingerprint density at radius 1 is 1.10 bits per heavy atom. The topological polar surface area (TPSA) is 83.8 Å². The number of nitrogens with zero attached hydrogens (tertiary/aromatic N) is 3. The largest absolute Gasteiger partial charge is 0.341 e. The van der Waals surface area contributed by atoms with Crippen molar-refractivity contribution in [2.24, 2.45) is 0 Å². The van der Waals surface area contributed by atoms with E-state index in [0.29, 0.717) is 18.8 Å². The average molecular weight is 428 g/mol. The summed E-state index contributed by atoms with van der Waals surface area (Å²) in [5.74, 6) is -0.695. The zero-order valence-electron chi connectivity index (χ0n) is 17.2. The first kappa shape index (κ1) is 21.8. The summed E-state index contributed by atoms with van der Waals surface area (Å²) in [4.78, 5) is 41.3. The third kappa shape index (κ3) is 4.99. The van der Waals surface area contributed by atoms with Gasteiger partial charge in [0.1, 0.15) is 12.1 Å². The second kappa shape index (κ2) is 9.75. The van der Waals surface area contributed by atoms with Crippen LogP contribution in [0.4, 0.5) is 11.4 Å². The van der Waals surface area contributed by atoms with Gasteiger partial charge < -0.3 is 4.90 Å². The van der Waals surface area contributed by atoms with E-state index in [-0.39, 0.29) is 23.7 Å². The molecule has 0 spiro atoms. The van der Waals surface area contributed by atoms with Crippen LogP contribution in [0.2, 0.25) is 0 Å². The first-order chi connectivity index (χ1) is 14.4. The summed E-state index contributed by atoms with van der Waals surface area (Å²) in [6, 6.07) is 11.7. The van der Waals surface area contributed by atoms with Crippen molar-refractivity contribution in [1.82, 2.24) is 4.90 Å². The Hall–Kier alpha value is -2.87. The molecule has 0 bridgehead atoms. The molecule has 30 heavy (non-hydrogen) atoms. The standard InChI is InChI=1S/C22H25N3O4S/c1-16-6-8-17(9-7-16)24(15-21(26)23-12-4-3-5-13-23)22(27)19-14-18(30-2)10-11-20(19)25(28)29/h6-11,14H,3-5,12-13,15H2,1-2H3. The Labute approximate surface area is 180 Å². The zero-order chi connectivity index (χ0) is 21.7. The van der Waals surface area contributed by atoms with Gasteiger partial charge in [-0.3, -0.25) is 24.6 Å². The van der Waals surface area contributed by atoms with Gasteiger partial charge in [-0.1, -0.05) is 17.7 Å². The molecule has 2 aromatic carbocycles. The molecule has 0 unspecified atom stereocenters. The number of likely N-dealkylation sites (tertiary alicyclic amines) is 1. The van der Waals surface area contributed by atoms with E-state index in [0.717, 1.165) is 29.7 Å². The fourth-order valence-corrected chi connectivity index (χ4v) is 3.94. The molecule has 0 atom stereocenters. The van der Waals surface area contributed by atoms with Gasteiger partial charge in [-0.25, -0.2) is 0 Å². The zero-order valence-corrected chi connectivity index (χ0v) is 18.0. The van der Waals surface area contributed by atoms with Crippen LogP contribution in [0.3, 0.4) is 0 Å². The van der Waals surface area contributed by atoms with Crippen molar-refractivity contribution < 1.29 is 14.5 Å². The first-order valence-electron chi connectivity index (χ1n) is 9.89. The van der Waals surface area contributed by atoms with Crippen molar-refractivity contribution in [3.8, 4) is 0 Å². The number of amides is 2. The monoisotopic (exact) mass is 427 g/mol. The number of carbonyl (C=O) groups is 2. The van der Waals surface area contributed by atoms with Crippen LogP contribution in [0, 0.1) is 17.0 Å². The Morgan fingerprint density at radius 3 is 2.37 bits per heavy atom. The van der Waals surface area contributed by atoms with Gasteiger partial charge in [0, 0.05) is 29.7 Å². The molecule has 7 nitrogen and oxygen atoms in total. The maximum atomic E-state index is 13.5. The van der Waals surface area contributed by atoms with E-state index in [9.17, 15) is 19.7 Å². The smallest absolute Gasteiger partial charge is 0.282 e. The van der Waals surface area contributed by atoms with Crippen molar-refractivity contribution in [1.29, 1.82) is 0 Å². The van der Waals surface area contributed by atoms with Gasteiger partial charge in [0.2, 0.25) is 5.91 Å². The summed E-state index contributed by atoms with van der Waals surface area (Å²) in [7, 11) is 0. The van der Waals surface area contributed by atoms with Gasteiger partial charge >= 0.3 is 0 Å². The molecule has 0 aromatic heterocycles. The van der Waals surface area contributed by atoms with Crippen LogP contribution in [0.25, 0.3) is 0 Å². The van der Waals surface area contributed by atoms with Crippen LogP contribution in [0.1, 0.15) is 35.2 Å². The van der Waals surface area contributed by atoms with Crippen LogP contribution in [-0.2, 0) is 4.79 Å². The van der Waals surface area contributed by atoms with E-state index in [4.69, 9.17) is 0 Å². The van der Waals surface area contributed by atoms with Crippen molar-refractivity contribution in [3.63, 3.8) is 0 Å². The number of rotatable bonds is 6. The minimum atomic E-state index is -0.558. The highest BCUT2D eigenvalue weighted by molar-refractivity contribution is 7.98. The van der Waals surface area contributed by atoms with Crippen LogP contribution < -0.4 is 4.90 Å². The summed E-state index contributed by atoms with van der Waals surface area (Å²) in [6.45, 7) is 3.14. The van der Waals surface area contributed by atoms with Gasteiger partial charge in [0.25, 0.3) is 11.6 Å². The molecule has 0 N–H and O–H groups in total. The van der Waals surface area contributed by atoms with Crippen LogP contribution >= 0.6 is 11.8 Å². The number of benzene rings is 2. The number of anilines is 1. The summed E-state index contributed by atoms with van der Waals surface area (Å²) < 4.78 is 0. The van der Waals surface area contributed by atoms with Crippen LogP contribution in [0.15, 0.2) is 47.4 Å². The lowest BCUT2D eigenvalue weighted by Crippen LogP contribution is -2.45. The number of hydrogen-bond donors (Lipinski definition) is 0. The van der Waals surface area contributed by atoms with E-state index in [1.165, 1.54) is 28.8 Å². The van der Waals surface area contributed by atoms with E-state index in [1.54, 1.807) is 23.1 Å². The summed E-state index contributed by atoms with van der Waals surface area (Å²) >= 11 is 1.40. The van der Waals surface area contributed by atoms with Crippen LogP contribution in [-0.4, -0.2) is 47.5 Å². The fourth-order valence-electron chi connectivity index (χ4n) is 3.50. The van der Waals surface area contributed by atoms with E-state index in [2.05, 4.69) is 0 Å². The second-order valence-corrected chi connectivity index (χ2v) is 8.19. The highest BCUT2D eigenvalue weighted by Crippen LogP contribution is 2.28. The molecular weight excluding hydrogens is 402 g/mol. The highest BCUT2D eigenvalue weighted by atomic mass is 32.2. The third-order valence-corrected chi connectivity index (χ3v) is 5.95.